The number of ether oxygens (including phenoxy) is 1. The molecule has 1 unspecified atom stereocenters. The van der Waals surface area contributed by atoms with Gasteiger partial charge in [-0.2, -0.15) is 0 Å². The van der Waals surface area contributed by atoms with Gasteiger partial charge in [0.2, 0.25) is 5.91 Å². The van der Waals surface area contributed by atoms with Gasteiger partial charge in [-0.1, -0.05) is 0 Å². The maximum Gasteiger partial charge on any atom is 0.222 e. The van der Waals surface area contributed by atoms with Crippen molar-refractivity contribution in [2.45, 2.75) is 38.8 Å². The number of hydrogen-bond donors (Lipinski definition) is 2. The molecule has 5 heteroatoms. The quantitative estimate of drug-likeness (QED) is 0.710. The van der Waals surface area contributed by atoms with E-state index in [-0.39, 0.29) is 11.9 Å². The summed E-state index contributed by atoms with van der Waals surface area (Å²) in [5.74, 6) is 0.0262. The fourth-order valence-corrected chi connectivity index (χ4v) is 1.96. The van der Waals surface area contributed by atoms with E-state index in [1.807, 2.05) is 20.8 Å². The minimum absolute atomic E-state index is 0.0262. The van der Waals surface area contributed by atoms with E-state index in [4.69, 9.17) is 10.5 Å². The largest absolute Gasteiger partial charge is 0.379 e. The Kier molecular flexibility index (Phi) is 5.36. The molecule has 5 nitrogen and oxygen atoms in total. The summed E-state index contributed by atoms with van der Waals surface area (Å²) < 4.78 is 5.28. The van der Waals surface area contributed by atoms with Gasteiger partial charge in [0.25, 0.3) is 0 Å². The van der Waals surface area contributed by atoms with Gasteiger partial charge in [-0.3, -0.25) is 9.69 Å². The predicted octanol–water partition coefficient (Wildman–Crippen LogP) is -0.0493. The van der Waals surface area contributed by atoms with Crippen LogP contribution in [0, 0.1) is 0 Å². The third-order valence-corrected chi connectivity index (χ3v) is 2.66. The molecule has 1 rings (SSSR count). The van der Waals surface area contributed by atoms with Crippen LogP contribution in [-0.4, -0.2) is 55.2 Å². The molecule has 1 aliphatic heterocycles. The van der Waals surface area contributed by atoms with E-state index in [1.165, 1.54) is 0 Å². The lowest BCUT2D eigenvalue weighted by atomic mass is 10.0. The molecule has 3 N–H and O–H groups in total. The van der Waals surface area contributed by atoms with Gasteiger partial charge in [0.15, 0.2) is 0 Å². The molecule has 0 aromatic carbocycles. The van der Waals surface area contributed by atoms with Gasteiger partial charge in [-0.05, 0) is 20.8 Å². The van der Waals surface area contributed by atoms with E-state index in [0.29, 0.717) is 6.42 Å². The Morgan fingerprint density at radius 1 is 1.47 bits per heavy atom. The molecular formula is C12H25N3O2. The van der Waals surface area contributed by atoms with Crippen molar-refractivity contribution < 1.29 is 9.53 Å². The molecule has 0 aliphatic carbocycles. The highest BCUT2D eigenvalue weighted by Crippen LogP contribution is 2.04. The highest BCUT2D eigenvalue weighted by molar-refractivity contribution is 5.77. The minimum Gasteiger partial charge on any atom is -0.379 e. The maximum atomic E-state index is 11.7. The number of amides is 1. The summed E-state index contributed by atoms with van der Waals surface area (Å²) in [7, 11) is 0. The second-order valence-electron chi connectivity index (χ2n) is 5.55. The van der Waals surface area contributed by atoms with E-state index in [1.54, 1.807) is 0 Å². The second kappa shape index (κ2) is 6.33. The molecule has 1 saturated heterocycles. The third kappa shape index (κ3) is 6.61. The van der Waals surface area contributed by atoms with Crippen LogP contribution in [0.5, 0.6) is 0 Å². The fourth-order valence-electron chi connectivity index (χ4n) is 1.96. The van der Waals surface area contributed by atoms with Crippen LogP contribution in [-0.2, 0) is 9.53 Å². The molecule has 0 bridgehead atoms. The normalized spacial score (nSPS) is 20.0. The van der Waals surface area contributed by atoms with Gasteiger partial charge in [0.1, 0.15) is 0 Å². The van der Waals surface area contributed by atoms with E-state index >= 15 is 0 Å². The first-order valence-electron chi connectivity index (χ1n) is 6.25. The van der Waals surface area contributed by atoms with Crippen molar-refractivity contribution in [1.29, 1.82) is 0 Å². The van der Waals surface area contributed by atoms with Crippen LogP contribution in [0.4, 0.5) is 0 Å². The van der Waals surface area contributed by atoms with Gasteiger partial charge < -0.3 is 15.8 Å². The summed E-state index contributed by atoms with van der Waals surface area (Å²) in [6.07, 6.45) is 0.362. The molecule has 1 aliphatic rings. The Bertz CT molecular complexity index is 245. The zero-order valence-corrected chi connectivity index (χ0v) is 11.2. The Hall–Kier alpha value is -0.650. The fraction of sp³-hybridized carbons (Fsp3) is 0.917. The summed E-state index contributed by atoms with van der Waals surface area (Å²) >= 11 is 0. The lowest BCUT2D eigenvalue weighted by molar-refractivity contribution is -0.122. The van der Waals surface area contributed by atoms with Gasteiger partial charge in [0.05, 0.1) is 13.2 Å². The van der Waals surface area contributed by atoms with Crippen LogP contribution >= 0.6 is 0 Å². The number of nitrogens with one attached hydrogen (secondary N) is 1. The van der Waals surface area contributed by atoms with Gasteiger partial charge in [-0.15, -0.1) is 0 Å². The van der Waals surface area contributed by atoms with Crippen LogP contribution in [0.15, 0.2) is 0 Å². The molecule has 1 atom stereocenters. The molecule has 0 spiro atoms. The summed E-state index contributed by atoms with van der Waals surface area (Å²) in [5, 5.41) is 2.98. The van der Waals surface area contributed by atoms with Crippen LogP contribution in [0.1, 0.15) is 27.2 Å². The topological polar surface area (TPSA) is 67.6 Å². The molecule has 17 heavy (non-hydrogen) atoms. The van der Waals surface area contributed by atoms with E-state index in [2.05, 4.69) is 10.2 Å². The molecule has 0 radical (unpaired) electrons. The van der Waals surface area contributed by atoms with Crippen molar-refractivity contribution in [3.63, 3.8) is 0 Å². The van der Waals surface area contributed by atoms with Gasteiger partial charge >= 0.3 is 0 Å². The monoisotopic (exact) mass is 243 g/mol. The molecule has 1 amide bonds. The Balaban J connectivity index is 2.23. The van der Waals surface area contributed by atoms with E-state index < -0.39 is 5.54 Å². The molecule has 1 fully saturated rings. The first-order valence-corrected chi connectivity index (χ1v) is 6.25. The Labute approximate surface area is 104 Å². The highest BCUT2D eigenvalue weighted by Gasteiger charge is 2.19. The van der Waals surface area contributed by atoms with Crippen molar-refractivity contribution in [3.05, 3.63) is 0 Å². The van der Waals surface area contributed by atoms with Crippen molar-refractivity contribution in [2.75, 3.05) is 32.8 Å². The van der Waals surface area contributed by atoms with Crippen molar-refractivity contribution in [1.82, 2.24) is 10.2 Å². The lowest BCUT2D eigenvalue weighted by Gasteiger charge is -2.29. The second-order valence-corrected chi connectivity index (χ2v) is 5.55. The summed E-state index contributed by atoms with van der Waals surface area (Å²) in [5.41, 5.74) is 5.37. The number of morpholine rings is 1. The molecule has 1 heterocycles. The Morgan fingerprint density at radius 3 is 2.59 bits per heavy atom. The smallest absolute Gasteiger partial charge is 0.222 e. The number of nitrogens with zero attached hydrogens (tertiary/aromatic N) is 1. The van der Waals surface area contributed by atoms with Crippen molar-refractivity contribution in [2.24, 2.45) is 5.73 Å². The number of hydrogen-bond acceptors (Lipinski definition) is 4. The summed E-state index contributed by atoms with van der Waals surface area (Å²) in [6, 6.07) is 0.156. The number of nitrogens with two attached hydrogens (primary N) is 1. The number of carbonyl (C=O) groups is 1. The molecule has 0 aromatic rings. The Morgan fingerprint density at radius 2 is 2.06 bits per heavy atom. The van der Waals surface area contributed by atoms with Gasteiger partial charge in [0, 0.05) is 37.6 Å². The van der Waals surface area contributed by atoms with Crippen LogP contribution in [0.25, 0.3) is 0 Å². The average molecular weight is 243 g/mol. The third-order valence-electron chi connectivity index (χ3n) is 2.66. The molecule has 100 valence electrons. The first kappa shape index (κ1) is 14.4. The molecule has 0 saturated carbocycles. The summed E-state index contributed by atoms with van der Waals surface area (Å²) in [4.78, 5) is 14.0. The first-order chi connectivity index (χ1) is 7.87. The number of carbonyl (C=O) groups excluding carboxylic acids is 1. The molecule has 0 aromatic heterocycles. The maximum absolute atomic E-state index is 11.7. The van der Waals surface area contributed by atoms with Crippen molar-refractivity contribution >= 4 is 5.91 Å². The standard InChI is InChI=1S/C12H25N3O2/c1-10(9-15-4-6-17-7-5-15)14-11(16)8-12(2,3)13/h10H,4-9,13H2,1-3H3,(H,14,16). The van der Waals surface area contributed by atoms with Crippen molar-refractivity contribution in [3.8, 4) is 0 Å². The van der Waals surface area contributed by atoms with Gasteiger partial charge in [-0.25, -0.2) is 0 Å². The highest BCUT2D eigenvalue weighted by atomic mass is 16.5. The van der Waals surface area contributed by atoms with Crippen LogP contribution in [0.2, 0.25) is 0 Å². The van der Waals surface area contributed by atoms with Crippen LogP contribution in [0.3, 0.4) is 0 Å². The van der Waals surface area contributed by atoms with Crippen LogP contribution < -0.4 is 11.1 Å². The lowest BCUT2D eigenvalue weighted by Crippen LogP contribution is -2.47. The van der Waals surface area contributed by atoms with E-state index in [9.17, 15) is 4.79 Å². The number of rotatable bonds is 5. The zero-order valence-electron chi connectivity index (χ0n) is 11.2. The average Bonchev–Trinajstić information content (AvgIpc) is 2.15. The summed E-state index contributed by atoms with van der Waals surface area (Å²) in [6.45, 7) is 10.1. The zero-order chi connectivity index (χ0) is 12.9. The molecular weight excluding hydrogens is 218 g/mol. The SMILES string of the molecule is CC(CN1CCOCC1)NC(=O)CC(C)(C)N. The minimum atomic E-state index is -0.442. The predicted molar refractivity (Wildman–Crippen MR) is 67.7 cm³/mol. The van der Waals surface area contributed by atoms with E-state index in [0.717, 1.165) is 32.8 Å².